The van der Waals surface area contributed by atoms with E-state index in [1.807, 2.05) is 13.0 Å². The number of benzene rings is 1. The second-order valence-corrected chi connectivity index (χ2v) is 6.53. The maximum Gasteiger partial charge on any atom is 0.256 e. The molecule has 0 N–H and O–H groups in total. The summed E-state index contributed by atoms with van der Waals surface area (Å²) < 4.78 is 33.4. The van der Waals surface area contributed by atoms with E-state index >= 15 is 0 Å². The molecule has 29 heavy (non-hydrogen) atoms. The number of aryl methyl sites for hydroxylation is 1. The van der Waals surface area contributed by atoms with Gasteiger partial charge in [0.25, 0.3) is 5.91 Å². The molecule has 0 spiro atoms. The van der Waals surface area contributed by atoms with Crippen LogP contribution in [0, 0.1) is 18.6 Å². The molecular weight excluding hydrogens is 380 g/mol. The van der Waals surface area contributed by atoms with Gasteiger partial charge < -0.3 is 9.64 Å². The Hall–Kier alpha value is -3.36. The number of ether oxygens (including phenoxy) is 1. The van der Waals surface area contributed by atoms with Crippen molar-refractivity contribution in [2.75, 3.05) is 13.2 Å². The molecule has 3 rings (SSSR count). The van der Waals surface area contributed by atoms with Crippen molar-refractivity contribution in [1.29, 1.82) is 0 Å². The topological polar surface area (TPSA) is 73.1 Å². The number of hydrogen-bond donors (Lipinski definition) is 0. The highest BCUT2D eigenvalue weighted by molar-refractivity contribution is 5.98. The lowest BCUT2D eigenvalue weighted by Crippen LogP contribution is -2.42. The zero-order valence-corrected chi connectivity index (χ0v) is 16.3. The van der Waals surface area contributed by atoms with Crippen LogP contribution in [0.15, 0.2) is 42.9 Å². The molecule has 0 saturated carbocycles. The van der Waals surface area contributed by atoms with E-state index in [1.54, 1.807) is 26.1 Å². The van der Waals surface area contributed by atoms with Crippen LogP contribution in [0.2, 0.25) is 0 Å². The quantitative estimate of drug-likeness (QED) is 0.608. The highest BCUT2D eigenvalue weighted by Crippen LogP contribution is 2.21. The molecule has 0 unspecified atom stereocenters. The standard InChI is InChI=1S/C20H21F2N5O2/c1-4-26(14(3)12-29-19-6-5-13(2)11-23-19)20(28)15-9-16(21)17(22)10-18(15)27-24-7-8-25-27/h5-11,14H,4,12H2,1-3H3/t14-/m0/s1. The van der Waals surface area contributed by atoms with E-state index in [2.05, 4.69) is 15.2 Å². The SMILES string of the molecule is CCN(C(=O)c1cc(F)c(F)cc1-n1nccn1)[C@@H](C)COc1ccc(C)cn1. The Morgan fingerprint density at radius 2 is 1.90 bits per heavy atom. The van der Waals surface area contributed by atoms with Crippen LogP contribution in [0.4, 0.5) is 8.78 Å². The number of rotatable bonds is 7. The van der Waals surface area contributed by atoms with E-state index in [-0.39, 0.29) is 23.9 Å². The summed E-state index contributed by atoms with van der Waals surface area (Å²) in [4.78, 5) is 19.9. The molecule has 1 amide bonds. The Balaban J connectivity index is 1.83. The summed E-state index contributed by atoms with van der Waals surface area (Å²) in [6.07, 6.45) is 4.46. The fourth-order valence-corrected chi connectivity index (χ4v) is 2.86. The van der Waals surface area contributed by atoms with Gasteiger partial charge in [-0.05, 0) is 32.4 Å². The molecule has 0 fully saturated rings. The number of nitrogens with zero attached hydrogens (tertiary/aromatic N) is 5. The summed E-state index contributed by atoms with van der Waals surface area (Å²) in [5.41, 5.74) is 1.03. The summed E-state index contributed by atoms with van der Waals surface area (Å²) in [7, 11) is 0. The predicted molar refractivity (Wildman–Crippen MR) is 102 cm³/mol. The Bertz CT molecular complexity index is 977. The minimum atomic E-state index is -1.12. The third-order valence-corrected chi connectivity index (χ3v) is 4.39. The summed E-state index contributed by atoms with van der Waals surface area (Å²) >= 11 is 0. The first kappa shape index (κ1) is 20.4. The number of carbonyl (C=O) groups is 1. The average molecular weight is 401 g/mol. The fraction of sp³-hybridized carbons (Fsp3) is 0.300. The third-order valence-electron chi connectivity index (χ3n) is 4.39. The van der Waals surface area contributed by atoms with Gasteiger partial charge in [0.15, 0.2) is 11.6 Å². The highest BCUT2D eigenvalue weighted by Gasteiger charge is 2.26. The Morgan fingerprint density at radius 3 is 2.52 bits per heavy atom. The van der Waals surface area contributed by atoms with Gasteiger partial charge >= 0.3 is 0 Å². The maximum atomic E-state index is 13.9. The maximum absolute atomic E-state index is 13.9. The van der Waals surface area contributed by atoms with Crippen LogP contribution in [0.25, 0.3) is 5.69 Å². The summed E-state index contributed by atoms with van der Waals surface area (Å²) in [6.45, 7) is 6.06. The molecule has 3 aromatic rings. The summed E-state index contributed by atoms with van der Waals surface area (Å²) in [6, 6.07) is 5.06. The van der Waals surface area contributed by atoms with Gasteiger partial charge in [-0.15, -0.1) is 0 Å². The minimum absolute atomic E-state index is 0.0396. The van der Waals surface area contributed by atoms with Crippen molar-refractivity contribution in [3.63, 3.8) is 0 Å². The zero-order chi connectivity index (χ0) is 21.0. The van der Waals surface area contributed by atoms with Crippen LogP contribution in [0.5, 0.6) is 5.88 Å². The molecule has 2 aromatic heterocycles. The van der Waals surface area contributed by atoms with Gasteiger partial charge in [-0.2, -0.15) is 15.0 Å². The van der Waals surface area contributed by atoms with Crippen molar-refractivity contribution in [2.24, 2.45) is 0 Å². The number of likely N-dealkylation sites (N-methyl/N-ethyl adjacent to an activating group) is 1. The highest BCUT2D eigenvalue weighted by atomic mass is 19.2. The van der Waals surface area contributed by atoms with Gasteiger partial charge in [0.1, 0.15) is 12.3 Å². The first-order valence-electron chi connectivity index (χ1n) is 9.12. The van der Waals surface area contributed by atoms with E-state index in [0.29, 0.717) is 12.4 Å². The molecular formula is C20H21F2N5O2. The third kappa shape index (κ3) is 4.56. The zero-order valence-electron chi connectivity index (χ0n) is 16.3. The molecule has 0 aliphatic heterocycles. The molecule has 9 heteroatoms. The summed E-state index contributed by atoms with van der Waals surface area (Å²) in [5.74, 6) is -2.24. The monoisotopic (exact) mass is 401 g/mol. The molecule has 152 valence electrons. The van der Waals surface area contributed by atoms with Crippen LogP contribution in [0.3, 0.4) is 0 Å². The molecule has 0 bridgehead atoms. The number of carbonyl (C=O) groups excluding carboxylic acids is 1. The lowest BCUT2D eigenvalue weighted by Gasteiger charge is -2.28. The van der Waals surface area contributed by atoms with E-state index in [9.17, 15) is 13.6 Å². The van der Waals surface area contributed by atoms with Crippen LogP contribution >= 0.6 is 0 Å². The van der Waals surface area contributed by atoms with Gasteiger partial charge in [-0.25, -0.2) is 13.8 Å². The largest absolute Gasteiger partial charge is 0.475 e. The second kappa shape index (κ2) is 8.76. The fourth-order valence-electron chi connectivity index (χ4n) is 2.86. The van der Waals surface area contributed by atoms with Gasteiger partial charge in [0.2, 0.25) is 5.88 Å². The molecule has 7 nitrogen and oxygen atoms in total. The van der Waals surface area contributed by atoms with Crippen molar-refractivity contribution in [3.05, 3.63) is 65.6 Å². The smallest absolute Gasteiger partial charge is 0.256 e. The van der Waals surface area contributed by atoms with Crippen molar-refractivity contribution in [3.8, 4) is 11.6 Å². The number of aromatic nitrogens is 4. The van der Waals surface area contributed by atoms with Crippen molar-refractivity contribution < 1.29 is 18.3 Å². The lowest BCUT2D eigenvalue weighted by molar-refractivity contribution is 0.0645. The number of pyridine rings is 1. The molecule has 0 aliphatic carbocycles. The average Bonchev–Trinajstić information content (AvgIpc) is 3.24. The molecule has 2 heterocycles. The van der Waals surface area contributed by atoms with Gasteiger partial charge in [-0.3, -0.25) is 4.79 Å². The van der Waals surface area contributed by atoms with Gasteiger partial charge in [0.05, 0.1) is 24.0 Å². The minimum Gasteiger partial charge on any atom is -0.475 e. The van der Waals surface area contributed by atoms with E-state index in [1.165, 1.54) is 17.3 Å². The van der Waals surface area contributed by atoms with E-state index in [0.717, 1.165) is 22.5 Å². The van der Waals surface area contributed by atoms with Crippen LogP contribution in [0.1, 0.15) is 29.8 Å². The molecule has 0 aliphatic rings. The predicted octanol–water partition coefficient (Wildman–Crippen LogP) is 3.18. The molecule has 1 aromatic carbocycles. The number of hydrogen-bond acceptors (Lipinski definition) is 5. The van der Waals surface area contributed by atoms with Crippen molar-refractivity contribution in [2.45, 2.75) is 26.8 Å². The lowest BCUT2D eigenvalue weighted by atomic mass is 10.1. The number of amides is 1. The second-order valence-electron chi connectivity index (χ2n) is 6.53. The Morgan fingerprint density at radius 1 is 1.21 bits per heavy atom. The van der Waals surface area contributed by atoms with Gasteiger partial charge in [-0.1, -0.05) is 6.07 Å². The Labute approximate surface area is 166 Å². The van der Waals surface area contributed by atoms with E-state index in [4.69, 9.17) is 4.74 Å². The van der Waals surface area contributed by atoms with Crippen LogP contribution < -0.4 is 4.74 Å². The molecule has 0 saturated heterocycles. The van der Waals surface area contributed by atoms with E-state index < -0.39 is 17.5 Å². The first-order valence-corrected chi connectivity index (χ1v) is 9.12. The van der Waals surface area contributed by atoms with Gasteiger partial charge in [0, 0.05) is 24.9 Å². The summed E-state index contributed by atoms with van der Waals surface area (Å²) in [5, 5.41) is 7.85. The van der Waals surface area contributed by atoms with Crippen LogP contribution in [-0.4, -0.2) is 50.0 Å². The van der Waals surface area contributed by atoms with Crippen molar-refractivity contribution >= 4 is 5.91 Å². The van der Waals surface area contributed by atoms with Crippen molar-refractivity contribution in [1.82, 2.24) is 24.9 Å². The van der Waals surface area contributed by atoms with Crippen LogP contribution in [-0.2, 0) is 0 Å². The number of halogens is 2. The first-order chi connectivity index (χ1) is 13.9. The normalized spacial score (nSPS) is 11.9. The molecule has 1 atom stereocenters. The Kier molecular flexibility index (Phi) is 6.16. The molecule has 0 radical (unpaired) electrons.